The Morgan fingerprint density at radius 3 is 1.19 bits per heavy atom. The summed E-state index contributed by atoms with van der Waals surface area (Å²) >= 11 is 0. The van der Waals surface area contributed by atoms with E-state index in [0.29, 0.717) is 17.4 Å². The predicted octanol–water partition coefficient (Wildman–Crippen LogP) is 12.2. The highest BCUT2D eigenvalue weighted by molar-refractivity contribution is 7.45. The quantitative estimate of drug-likeness (QED) is 0.0260. The number of hydrogen-bond acceptors (Lipinski definition) is 8. The van der Waals surface area contributed by atoms with E-state index in [-0.39, 0.29) is 32.0 Å². The standard InChI is InChI=1S/C44H88NO8P/c1-6-8-10-12-14-16-18-19-20-21-22-23-24-25-26-27-29-31-33-35-37-44(47)53-42(41-52-54(48,49)51-39-38-45(3,4)5)40-50-43(46)36-34-32-30-28-17-15-13-11-9-7-2/h42H,6-41H2,1-5H3/t42-/m1/s1. The lowest BCUT2D eigenvalue weighted by molar-refractivity contribution is -0.870. The van der Waals surface area contributed by atoms with Crippen LogP contribution in [0.5, 0.6) is 0 Å². The zero-order chi connectivity index (χ0) is 40.0. The summed E-state index contributed by atoms with van der Waals surface area (Å²) in [6.07, 6.45) is 37.0. The van der Waals surface area contributed by atoms with Crippen LogP contribution >= 0.6 is 7.82 Å². The number of ether oxygens (including phenoxy) is 2. The van der Waals surface area contributed by atoms with Gasteiger partial charge in [0, 0.05) is 12.8 Å². The van der Waals surface area contributed by atoms with Crippen molar-refractivity contribution in [2.24, 2.45) is 0 Å². The maximum atomic E-state index is 12.7. The second-order valence-corrected chi connectivity index (χ2v) is 18.2. The predicted molar refractivity (Wildman–Crippen MR) is 222 cm³/mol. The van der Waals surface area contributed by atoms with Crippen LogP contribution in [0.15, 0.2) is 0 Å². The van der Waals surface area contributed by atoms with Crippen molar-refractivity contribution >= 4 is 19.8 Å². The molecule has 1 unspecified atom stereocenters. The van der Waals surface area contributed by atoms with Gasteiger partial charge < -0.3 is 27.9 Å². The van der Waals surface area contributed by atoms with E-state index < -0.39 is 26.5 Å². The van der Waals surface area contributed by atoms with Crippen LogP contribution in [-0.4, -0.2) is 70.0 Å². The lowest BCUT2D eigenvalue weighted by Gasteiger charge is -2.28. The molecule has 322 valence electrons. The first-order valence-corrected chi connectivity index (χ1v) is 24.2. The van der Waals surface area contributed by atoms with Gasteiger partial charge in [0.2, 0.25) is 0 Å². The number of likely N-dealkylation sites (N-methyl/N-ethyl adjacent to an activating group) is 1. The molecule has 0 aromatic rings. The monoisotopic (exact) mass is 790 g/mol. The van der Waals surface area contributed by atoms with Crippen molar-refractivity contribution < 1.29 is 42.1 Å². The average Bonchev–Trinajstić information content (AvgIpc) is 3.12. The van der Waals surface area contributed by atoms with Crippen LogP contribution in [0.4, 0.5) is 0 Å². The molecule has 9 nitrogen and oxygen atoms in total. The highest BCUT2D eigenvalue weighted by Gasteiger charge is 2.21. The fourth-order valence-electron chi connectivity index (χ4n) is 6.54. The summed E-state index contributed by atoms with van der Waals surface area (Å²) in [4.78, 5) is 37.5. The van der Waals surface area contributed by atoms with Crippen molar-refractivity contribution in [3.8, 4) is 0 Å². The molecule has 0 radical (unpaired) electrons. The molecule has 0 saturated heterocycles. The van der Waals surface area contributed by atoms with Gasteiger partial charge in [-0.05, 0) is 12.8 Å². The first kappa shape index (κ1) is 53.0. The number of rotatable bonds is 42. The molecule has 0 aliphatic heterocycles. The highest BCUT2D eigenvalue weighted by atomic mass is 31.2. The molecule has 0 aliphatic rings. The van der Waals surface area contributed by atoms with Gasteiger partial charge in [0.1, 0.15) is 19.8 Å². The Labute approximate surface area is 334 Å². The summed E-state index contributed by atoms with van der Waals surface area (Å²) in [5, 5.41) is 0. The van der Waals surface area contributed by atoms with Crippen molar-refractivity contribution in [2.45, 2.75) is 225 Å². The fourth-order valence-corrected chi connectivity index (χ4v) is 7.27. The van der Waals surface area contributed by atoms with Crippen LogP contribution in [-0.2, 0) is 32.7 Å². The summed E-state index contributed by atoms with van der Waals surface area (Å²) in [6, 6.07) is 0. The molecule has 54 heavy (non-hydrogen) atoms. The maximum Gasteiger partial charge on any atom is 0.306 e. The molecule has 0 N–H and O–H groups in total. The molecule has 0 aliphatic carbocycles. The van der Waals surface area contributed by atoms with Gasteiger partial charge in [-0.15, -0.1) is 0 Å². The van der Waals surface area contributed by atoms with Crippen LogP contribution in [0.1, 0.15) is 219 Å². The van der Waals surface area contributed by atoms with Crippen molar-refractivity contribution in [1.29, 1.82) is 0 Å². The average molecular weight is 790 g/mol. The highest BCUT2D eigenvalue weighted by Crippen LogP contribution is 2.38. The molecule has 0 amide bonds. The molecule has 0 rings (SSSR count). The van der Waals surface area contributed by atoms with Gasteiger partial charge in [0.05, 0.1) is 27.7 Å². The van der Waals surface area contributed by atoms with Crippen LogP contribution in [0.3, 0.4) is 0 Å². The molecule has 0 saturated carbocycles. The van der Waals surface area contributed by atoms with Gasteiger partial charge in [-0.2, -0.15) is 0 Å². The Hall–Kier alpha value is -0.990. The van der Waals surface area contributed by atoms with E-state index >= 15 is 0 Å². The van der Waals surface area contributed by atoms with Crippen molar-refractivity contribution in [3.05, 3.63) is 0 Å². The third kappa shape index (κ3) is 40.7. The molecule has 0 spiro atoms. The lowest BCUT2D eigenvalue weighted by atomic mass is 10.0. The SMILES string of the molecule is CCCCCCCCCCCCCCCCCCCCCCC(=O)O[C@H](COC(=O)CCCCCCCCCCCC)COP(=O)([O-])OCC[N+](C)(C)C. The number of phosphoric acid groups is 1. The second kappa shape index (κ2) is 37.6. The van der Waals surface area contributed by atoms with E-state index in [9.17, 15) is 19.0 Å². The Bertz CT molecular complexity index is 896. The van der Waals surface area contributed by atoms with Crippen molar-refractivity contribution in [2.75, 3.05) is 47.5 Å². The number of nitrogens with zero attached hydrogens (tertiary/aromatic N) is 1. The summed E-state index contributed by atoms with van der Waals surface area (Å²) in [6.45, 7) is 4.25. The number of esters is 2. The third-order valence-electron chi connectivity index (χ3n) is 10.1. The minimum absolute atomic E-state index is 0.0258. The molecule has 0 aromatic carbocycles. The van der Waals surface area contributed by atoms with Gasteiger partial charge in [-0.1, -0.05) is 194 Å². The van der Waals surface area contributed by atoms with Crippen LogP contribution in [0.2, 0.25) is 0 Å². The van der Waals surface area contributed by atoms with Gasteiger partial charge in [0.15, 0.2) is 6.10 Å². The summed E-state index contributed by atoms with van der Waals surface area (Å²) in [5.74, 6) is -0.822. The Balaban J connectivity index is 4.21. The molecule has 10 heteroatoms. The molecule has 0 fully saturated rings. The van der Waals surface area contributed by atoms with Crippen molar-refractivity contribution in [3.63, 3.8) is 0 Å². The minimum Gasteiger partial charge on any atom is -0.756 e. The smallest absolute Gasteiger partial charge is 0.306 e. The van der Waals surface area contributed by atoms with Crippen LogP contribution in [0, 0.1) is 0 Å². The zero-order valence-corrected chi connectivity index (χ0v) is 37.1. The zero-order valence-electron chi connectivity index (χ0n) is 36.2. The maximum absolute atomic E-state index is 12.7. The molecular weight excluding hydrogens is 701 g/mol. The summed E-state index contributed by atoms with van der Waals surface area (Å²) in [7, 11) is 1.18. The number of phosphoric ester groups is 1. The van der Waals surface area contributed by atoms with Gasteiger partial charge in [0.25, 0.3) is 7.82 Å². The van der Waals surface area contributed by atoms with Crippen molar-refractivity contribution in [1.82, 2.24) is 0 Å². The van der Waals surface area contributed by atoms with E-state index in [1.807, 2.05) is 21.1 Å². The van der Waals surface area contributed by atoms with E-state index in [1.165, 1.54) is 154 Å². The fraction of sp³-hybridized carbons (Fsp3) is 0.955. The number of carbonyl (C=O) groups excluding carboxylic acids is 2. The third-order valence-corrected chi connectivity index (χ3v) is 11.1. The minimum atomic E-state index is -4.61. The summed E-state index contributed by atoms with van der Waals surface area (Å²) in [5.41, 5.74) is 0. The lowest BCUT2D eigenvalue weighted by Crippen LogP contribution is -2.37. The Morgan fingerprint density at radius 2 is 0.833 bits per heavy atom. The number of unbranched alkanes of at least 4 members (excludes halogenated alkanes) is 28. The molecular formula is C44H88NO8P. The molecule has 0 aromatic heterocycles. The summed E-state index contributed by atoms with van der Waals surface area (Å²) < 4.78 is 33.9. The van der Waals surface area contributed by atoms with Gasteiger partial charge in [-0.25, -0.2) is 0 Å². The number of hydrogen-bond donors (Lipinski definition) is 0. The van der Waals surface area contributed by atoms with E-state index in [4.69, 9.17) is 18.5 Å². The number of carbonyl (C=O) groups is 2. The van der Waals surface area contributed by atoms with Crippen LogP contribution < -0.4 is 4.89 Å². The van der Waals surface area contributed by atoms with Crippen LogP contribution in [0.25, 0.3) is 0 Å². The Morgan fingerprint density at radius 1 is 0.500 bits per heavy atom. The molecule has 0 heterocycles. The normalized spacial score (nSPS) is 13.5. The largest absolute Gasteiger partial charge is 0.756 e. The van der Waals surface area contributed by atoms with Gasteiger partial charge in [-0.3, -0.25) is 14.2 Å². The first-order chi connectivity index (χ1) is 26.0. The second-order valence-electron chi connectivity index (χ2n) is 16.8. The number of quaternary nitrogens is 1. The molecule has 0 bridgehead atoms. The van der Waals surface area contributed by atoms with Gasteiger partial charge >= 0.3 is 11.9 Å². The van der Waals surface area contributed by atoms with E-state index in [0.717, 1.165) is 32.1 Å². The first-order valence-electron chi connectivity index (χ1n) is 22.7. The Kier molecular flexibility index (Phi) is 36.9. The topological polar surface area (TPSA) is 111 Å². The molecule has 2 atom stereocenters. The van der Waals surface area contributed by atoms with E-state index in [1.54, 1.807) is 0 Å². The van der Waals surface area contributed by atoms with E-state index in [2.05, 4.69) is 13.8 Å².